The number of carbonyl (C=O) groups excluding carboxylic acids is 1. The number of hydrogen-bond donors (Lipinski definition) is 1. The molecule has 0 atom stereocenters. The molecular weight excluding hydrogens is 142 g/mol. The molecule has 0 aliphatic carbocycles. The number of carbonyl (C=O) groups is 1. The first-order valence-corrected chi connectivity index (χ1v) is 3.30. The van der Waals surface area contributed by atoms with Crippen molar-refractivity contribution in [2.24, 2.45) is 10.8 Å². The molecule has 0 aromatic heterocycles. The van der Waals surface area contributed by atoms with E-state index in [1.54, 1.807) is 6.20 Å². The number of urea groups is 1. The highest BCUT2D eigenvalue weighted by molar-refractivity contribution is 5.71. The number of azo groups is 2. The molecule has 1 aliphatic rings. The molecule has 1 rings (SSSR count). The van der Waals surface area contributed by atoms with E-state index in [2.05, 4.69) is 5.11 Å². The maximum atomic E-state index is 10.3. The third kappa shape index (κ3) is 2.33. The second-order valence-electron chi connectivity index (χ2n) is 2.39. The lowest BCUT2D eigenvalue weighted by Gasteiger charge is -1.97. The summed E-state index contributed by atoms with van der Waals surface area (Å²) in [5, 5.41) is 3.53. The summed E-state index contributed by atoms with van der Waals surface area (Å²) in [7, 11) is 0. The number of primary amides is 1. The van der Waals surface area contributed by atoms with Crippen molar-refractivity contribution >= 4 is 6.03 Å². The minimum absolute atomic E-state index is 0.638. The van der Waals surface area contributed by atoms with Gasteiger partial charge in [0.2, 0.25) is 0 Å². The van der Waals surface area contributed by atoms with Gasteiger partial charge >= 0.3 is 6.03 Å². The molecule has 2 amide bonds. The Hall–Kier alpha value is -1.45. The van der Waals surface area contributed by atoms with E-state index < -0.39 is 6.03 Å². The van der Waals surface area contributed by atoms with Crippen LogP contribution in [0.5, 0.6) is 0 Å². The quantitative estimate of drug-likeness (QED) is 0.517. The van der Waals surface area contributed by atoms with Crippen molar-refractivity contribution in [2.75, 3.05) is 6.54 Å². The molecule has 0 bridgehead atoms. The van der Waals surface area contributed by atoms with Crippen LogP contribution < -0.4 is 5.73 Å². The summed E-state index contributed by atoms with van der Waals surface area (Å²) in [6.07, 6.45) is 5.50. The van der Waals surface area contributed by atoms with E-state index in [4.69, 9.17) is 5.73 Å². The first-order valence-electron chi connectivity index (χ1n) is 3.30. The summed E-state index contributed by atoms with van der Waals surface area (Å²) in [5.74, 6) is 0. The van der Waals surface area contributed by atoms with Crippen LogP contribution in [-0.4, -0.2) is 17.3 Å². The summed E-state index contributed by atoms with van der Waals surface area (Å²) < 4.78 is 1.51. The molecule has 0 fully saturated rings. The van der Waals surface area contributed by atoms with Gasteiger partial charge in [-0.15, -0.1) is 0 Å². The third-order valence-electron chi connectivity index (χ3n) is 1.28. The van der Waals surface area contributed by atoms with Crippen molar-refractivity contribution in [3.63, 3.8) is 0 Å². The van der Waals surface area contributed by atoms with Gasteiger partial charge < -0.3 is 5.73 Å². The molecule has 4 heteroatoms. The van der Waals surface area contributed by atoms with E-state index in [9.17, 15) is 4.79 Å². The normalized spacial score (nSPS) is 20.1. The molecule has 0 saturated carbocycles. The maximum Gasteiger partial charge on any atom is 0.398 e. The number of rotatable bonds is 0. The summed E-state index contributed by atoms with van der Waals surface area (Å²) in [4.78, 5) is 10.3. The molecule has 0 radical (unpaired) electrons. The number of allylic oxidation sites excluding steroid dienone is 2. The molecule has 58 valence electrons. The topological polar surface area (TPSA) is 58.5 Å². The predicted molar refractivity (Wildman–Crippen MR) is 40.0 cm³/mol. The van der Waals surface area contributed by atoms with E-state index in [0.29, 0.717) is 6.54 Å². The fraction of sp³-hybridized carbons (Fsp3) is 0.286. The van der Waals surface area contributed by atoms with Gasteiger partial charge in [0.25, 0.3) is 0 Å². The van der Waals surface area contributed by atoms with Gasteiger partial charge in [0.05, 0.1) is 5.11 Å². The van der Waals surface area contributed by atoms with Gasteiger partial charge in [-0.25, -0.2) is 4.79 Å². The highest BCUT2D eigenvalue weighted by atomic mass is 16.2. The molecule has 0 spiro atoms. The lowest BCUT2D eigenvalue weighted by Crippen LogP contribution is -2.14. The van der Waals surface area contributed by atoms with Crippen LogP contribution in [0.2, 0.25) is 0 Å². The Labute approximate surface area is 64.7 Å². The van der Waals surface area contributed by atoms with Crippen molar-refractivity contribution in [3.8, 4) is 0 Å². The molecule has 4 nitrogen and oxygen atoms in total. The molecule has 2 N–H and O–H groups in total. The molecular formula is C7H10N3O+. The van der Waals surface area contributed by atoms with Gasteiger partial charge in [-0.3, -0.25) is 0 Å². The Morgan fingerprint density at radius 1 is 1.82 bits per heavy atom. The van der Waals surface area contributed by atoms with Gasteiger partial charge in [0.1, 0.15) is 0 Å². The average Bonchev–Trinajstić information content (AvgIpc) is 1.85. The van der Waals surface area contributed by atoms with Crippen LogP contribution in [0.3, 0.4) is 0 Å². The van der Waals surface area contributed by atoms with E-state index in [1.165, 1.54) is 4.70 Å². The van der Waals surface area contributed by atoms with Gasteiger partial charge in [0, 0.05) is 6.08 Å². The Morgan fingerprint density at radius 2 is 2.55 bits per heavy atom. The fourth-order valence-electron chi connectivity index (χ4n) is 0.863. The van der Waals surface area contributed by atoms with Crippen molar-refractivity contribution in [2.45, 2.75) is 6.92 Å². The van der Waals surface area contributed by atoms with Crippen molar-refractivity contribution in [3.05, 3.63) is 23.9 Å². The highest BCUT2D eigenvalue weighted by Gasteiger charge is 2.08. The van der Waals surface area contributed by atoms with Gasteiger partial charge in [-0.1, -0.05) is 10.8 Å². The first-order chi connectivity index (χ1) is 5.18. The van der Waals surface area contributed by atoms with Crippen molar-refractivity contribution < 1.29 is 9.49 Å². The minimum atomic E-state index is -0.663. The Balaban J connectivity index is 2.73. The minimum Gasteiger partial charge on any atom is -0.345 e. The molecule has 1 heterocycles. The Kier molecular flexibility index (Phi) is 2.15. The second-order valence-corrected chi connectivity index (χ2v) is 2.39. The largest absolute Gasteiger partial charge is 0.398 e. The van der Waals surface area contributed by atoms with Crippen LogP contribution in [0.25, 0.3) is 0 Å². The number of nitrogens with two attached hydrogens (primary N) is 1. The van der Waals surface area contributed by atoms with Crippen LogP contribution in [0.4, 0.5) is 4.79 Å². The predicted octanol–water partition coefficient (Wildman–Crippen LogP) is 1.00. The Bertz CT molecular complexity index is 263. The molecule has 11 heavy (non-hydrogen) atoms. The number of amides is 2. The molecule has 0 aromatic carbocycles. The standard InChI is InChI=1S/C7H9N3O/c1-6-3-2-4-10(5-6)9-7(8)11/h2-4H,5H2,1H3,(H-,8,11)/p+1. The van der Waals surface area contributed by atoms with Crippen LogP contribution in [0, 0.1) is 0 Å². The molecule has 0 saturated heterocycles. The smallest absolute Gasteiger partial charge is 0.345 e. The zero-order valence-corrected chi connectivity index (χ0v) is 6.32. The monoisotopic (exact) mass is 152 g/mol. The van der Waals surface area contributed by atoms with Gasteiger partial charge in [-0.05, 0) is 12.5 Å². The summed E-state index contributed by atoms with van der Waals surface area (Å²) in [5.41, 5.74) is 6.02. The van der Waals surface area contributed by atoms with E-state index in [0.717, 1.165) is 5.57 Å². The van der Waals surface area contributed by atoms with E-state index >= 15 is 0 Å². The maximum absolute atomic E-state index is 10.3. The lowest BCUT2D eigenvalue weighted by molar-refractivity contribution is -0.515. The molecule has 0 unspecified atom stereocenters. The van der Waals surface area contributed by atoms with Crippen LogP contribution >= 0.6 is 0 Å². The summed E-state index contributed by atoms with van der Waals surface area (Å²) >= 11 is 0. The van der Waals surface area contributed by atoms with Crippen LogP contribution in [-0.2, 0) is 0 Å². The molecule has 0 aromatic rings. The summed E-state index contributed by atoms with van der Waals surface area (Å²) in [6.45, 7) is 2.60. The number of nitrogens with zero attached hydrogens (tertiary/aromatic N) is 2. The lowest BCUT2D eigenvalue weighted by atomic mass is 10.2. The first kappa shape index (κ1) is 7.65. The SMILES string of the molecule is CC1=CC=C[N+](=NC(N)=O)C1. The van der Waals surface area contributed by atoms with Crippen molar-refractivity contribution in [1.29, 1.82) is 0 Å². The third-order valence-corrected chi connectivity index (χ3v) is 1.28. The van der Waals surface area contributed by atoms with E-state index in [1.807, 2.05) is 19.1 Å². The van der Waals surface area contributed by atoms with E-state index in [-0.39, 0.29) is 0 Å². The van der Waals surface area contributed by atoms with Gasteiger partial charge in [-0.2, -0.15) is 0 Å². The fourth-order valence-corrected chi connectivity index (χ4v) is 0.863. The van der Waals surface area contributed by atoms with Crippen molar-refractivity contribution in [1.82, 2.24) is 0 Å². The highest BCUT2D eigenvalue weighted by Crippen LogP contribution is 2.01. The Morgan fingerprint density at radius 3 is 3.09 bits per heavy atom. The average molecular weight is 152 g/mol. The van der Waals surface area contributed by atoms with Gasteiger partial charge in [0.15, 0.2) is 12.7 Å². The van der Waals surface area contributed by atoms with Crippen LogP contribution in [0.1, 0.15) is 6.92 Å². The zero-order valence-electron chi connectivity index (χ0n) is 6.32. The summed E-state index contributed by atoms with van der Waals surface area (Å²) in [6, 6.07) is -0.663. The number of hydrogen-bond acceptors (Lipinski definition) is 1. The molecule has 1 aliphatic heterocycles. The zero-order chi connectivity index (χ0) is 8.27. The second kappa shape index (κ2) is 3.09. The van der Waals surface area contributed by atoms with Crippen LogP contribution in [0.15, 0.2) is 29.0 Å².